The molecule has 0 aliphatic heterocycles. The van der Waals surface area contributed by atoms with Gasteiger partial charge in [-0.1, -0.05) is 6.07 Å². The molecule has 0 fully saturated rings. The zero-order valence-corrected chi connectivity index (χ0v) is 8.97. The molecular formula is C11H14N4O. The molecule has 84 valence electrons. The molecule has 0 aliphatic carbocycles. The molecule has 0 aliphatic rings. The molecule has 2 N–H and O–H groups in total. The standard InChI is InChI=1S/C11H14N4O/c12-7-6-11-15-14-10(16-11)5-4-9-3-1-2-8-13-9/h1-3,8H,4-7,12H2. The highest BCUT2D eigenvalue weighted by Gasteiger charge is 2.05. The predicted octanol–water partition coefficient (Wildman–Crippen LogP) is 0.751. The summed E-state index contributed by atoms with van der Waals surface area (Å²) in [6, 6.07) is 5.85. The molecule has 0 atom stereocenters. The van der Waals surface area contributed by atoms with E-state index in [1.165, 1.54) is 0 Å². The largest absolute Gasteiger partial charge is 0.425 e. The maximum atomic E-state index is 5.42. The molecule has 2 aromatic rings. The molecule has 2 aromatic heterocycles. The van der Waals surface area contributed by atoms with Gasteiger partial charge in [0.05, 0.1) is 0 Å². The summed E-state index contributed by atoms with van der Waals surface area (Å²) >= 11 is 0. The van der Waals surface area contributed by atoms with Crippen LogP contribution in [0, 0.1) is 0 Å². The van der Waals surface area contributed by atoms with Crippen LogP contribution in [-0.4, -0.2) is 21.7 Å². The average Bonchev–Trinajstić information content (AvgIpc) is 2.76. The molecular weight excluding hydrogens is 204 g/mol. The molecule has 0 bridgehead atoms. The van der Waals surface area contributed by atoms with Crippen molar-refractivity contribution >= 4 is 0 Å². The zero-order valence-electron chi connectivity index (χ0n) is 8.97. The third-order valence-corrected chi connectivity index (χ3v) is 2.19. The monoisotopic (exact) mass is 218 g/mol. The number of pyridine rings is 1. The van der Waals surface area contributed by atoms with Crippen molar-refractivity contribution in [2.45, 2.75) is 19.3 Å². The van der Waals surface area contributed by atoms with Crippen molar-refractivity contribution in [1.82, 2.24) is 15.2 Å². The van der Waals surface area contributed by atoms with Gasteiger partial charge in [0.15, 0.2) is 0 Å². The van der Waals surface area contributed by atoms with Crippen LogP contribution >= 0.6 is 0 Å². The molecule has 5 nitrogen and oxygen atoms in total. The Hall–Kier alpha value is -1.75. The summed E-state index contributed by atoms with van der Waals surface area (Å²) in [6.45, 7) is 0.530. The maximum absolute atomic E-state index is 5.42. The lowest BCUT2D eigenvalue weighted by Gasteiger charge is -1.95. The molecule has 0 radical (unpaired) electrons. The van der Waals surface area contributed by atoms with Crippen molar-refractivity contribution in [3.05, 3.63) is 41.9 Å². The Balaban J connectivity index is 1.89. The molecule has 0 saturated heterocycles. The number of aryl methyl sites for hydroxylation is 2. The fourth-order valence-electron chi connectivity index (χ4n) is 1.39. The topological polar surface area (TPSA) is 77.8 Å². The minimum absolute atomic E-state index is 0.530. The molecule has 2 heterocycles. The highest BCUT2D eigenvalue weighted by molar-refractivity contribution is 5.04. The van der Waals surface area contributed by atoms with Crippen LogP contribution in [0.3, 0.4) is 0 Å². The lowest BCUT2D eigenvalue weighted by atomic mass is 10.2. The van der Waals surface area contributed by atoms with Crippen LogP contribution in [0.15, 0.2) is 28.8 Å². The summed E-state index contributed by atoms with van der Waals surface area (Å²) in [5.74, 6) is 1.26. The molecule has 5 heteroatoms. The molecule has 2 rings (SSSR count). The fraction of sp³-hybridized carbons (Fsp3) is 0.364. The van der Waals surface area contributed by atoms with E-state index in [1.54, 1.807) is 6.20 Å². The Morgan fingerprint density at radius 1 is 1.06 bits per heavy atom. The van der Waals surface area contributed by atoms with Crippen molar-refractivity contribution in [3.63, 3.8) is 0 Å². The smallest absolute Gasteiger partial charge is 0.217 e. The van der Waals surface area contributed by atoms with Gasteiger partial charge >= 0.3 is 0 Å². The van der Waals surface area contributed by atoms with Gasteiger partial charge in [-0.15, -0.1) is 10.2 Å². The van der Waals surface area contributed by atoms with Crippen LogP contribution in [0.4, 0.5) is 0 Å². The van der Waals surface area contributed by atoms with Crippen LogP contribution in [0.1, 0.15) is 17.5 Å². The van der Waals surface area contributed by atoms with Crippen molar-refractivity contribution in [3.8, 4) is 0 Å². The van der Waals surface area contributed by atoms with E-state index >= 15 is 0 Å². The number of nitrogens with zero attached hydrogens (tertiary/aromatic N) is 3. The quantitative estimate of drug-likeness (QED) is 0.801. The highest BCUT2D eigenvalue weighted by Crippen LogP contribution is 2.04. The van der Waals surface area contributed by atoms with Gasteiger partial charge in [-0.05, 0) is 18.6 Å². The van der Waals surface area contributed by atoms with E-state index in [4.69, 9.17) is 10.2 Å². The van der Waals surface area contributed by atoms with E-state index in [-0.39, 0.29) is 0 Å². The summed E-state index contributed by atoms with van der Waals surface area (Å²) in [4.78, 5) is 4.23. The Bertz CT molecular complexity index is 427. The van der Waals surface area contributed by atoms with E-state index in [1.807, 2.05) is 18.2 Å². The van der Waals surface area contributed by atoms with Crippen LogP contribution in [0.5, 0.6) is 0 Å². The van der Waals surface area contributed by atoms with Gasteiger partial charge in [0.2, 0.25) is 11.8 Å². The zero-order chi connectivity index (χ0) is 11.2. The van der Waals surface area contributed by atoms with E-state index in [0.29, 0.717) is 31.2 Å². The van der Waals surface area contributed by atoms with Crippen molar-refractivity contribution in [2.75, 3.05) is 6.54 Å². The number of hydrogen-bond acceptors (Lipinski definition) is 5. The van der Waals surface area contributed by atoms with Crippen molar-refractivity contribution in [2.24, 2.45) is 5.73 Å². The molecule has 0 saturated carbocycles. The van der Waals surface area contributed by atoms with Crippen molar-refractivity contribution in [1.29, 1.82) is 0 Å². The average molecular weight is 218 g/mol. The van der Waals surface area contributed by atoms with Crippen LogP contribution in [0.25, 0.3) is 0 Å². The predicted molar refractivity (Wildman–Crippen MR) is 58.7 cm³/mol. The van der Waals surface area contributed by atoms with Gasteiger partial charge in [-0.3, -0.25) is 4.98 Å². The third kappa shape index (κ3) is 2.87. The molecule has 0 unspecified atom stereocenters. The second kappa shape index (κ2) is 5.37. The van der Waals surface area contributed by atoms with E-state index < -0.39 is 0 Å². The summed E-state index contributed by atoms with van der Waals surface area (Å²) in [5, 5.41) is 7.85. The third-order valence-electron chi connectivity index (χ3n) is 2.19. The van der Waals surface area contributed by atoms with Crippen LogP contribution in [0.2, 0.25) is 0 Å². The molecule has 0 aromatic carbocycles. The Labute approximate surface area is 93.7 Å². The summed E-state index contributed by atoms with van der Waals surface area (Å²) in [6.07, 6.45) is 3.94. The Morgan fingerprint density at radius 2 is 1.88 bits per heavy atom. The summed E-state index contributed by atoms with van der Waals surface area (Å²) in [7, 11) is 0. The Kier molecular flexibility index (Phi) is 3.61. The first-order chi connectivity index (χ1) is 7.88. The van der Waals surface area contributed by atoms with E-state index in [9.17, 15) is 0 Å². The first kappa shape index (κ1) is 10.8. The normalized spacial score (nSPS) is 10.6. The van der Waals surface area contributed by atoms with Crippen LogP contribution < -0.4 is 5.73 Å². The van der Waals surface area contributed by atoms with Gasteiger partial charge < -0.3 is 10.2 Å². The summed E-state index contributed by atoms with van der Waals surface area (Å²) in [5.41, 5.74) is 6.43. The maximum Gasteiger partial charge on any atom is 0.217 e. The number of aromatic nitrogens is 3. The van der Waals surface area contributed by atoms with E-state index in [0.717, 1.165) is 12.1 Å². The van der Waals surface area contributed by atoms with Crippen molar-refractivity contribution < 1.29 is 4.42 Å². The lowest BCUT2D eigenvalue weighted by Crippen LogP contribution is -2.02. The first-order valence-electron chi connectivity index (χ1n) is 5.29. The Morgan fingerprint density at radius 3 is 2.56 bits per heavy atom. The van der Waals surface area contributed by atoms with Gasteiger partial charge in [-0.25, -0.2) is 0 Å². The molecule has 0 amide bonds. The highest BCUT2D eigenvalue weighted by atomic mass is 16.4. The van der Waals surface area contributed by atoms with Gasteiger partial charge in [0.25, 0.3) is 0 Å². The van der Waals surface area contributed by atoms with Gasteiger partial charge in [0, 0.05) is 31.3 Å². The second-order valence-corrected chi connectivity index (χ2v) is 3.45. The number of hydrogen-bond donors (Lipinski definition) is 1. The van der Waals surface area contributed by atoms with Crippen LogP contribution in [-0.2, 0) is 19.3 Å². The van der Waals surface area contributed by atoms with Gasteiger partial charge in [-0.2, -0.15) is 0 Å². The fourth-order valence-corrected chi connectivity index (χ4v) is 1.39. The first-order valence-corrected chi connectivity index (χ1v) is 5.29. The minimum Gasteiger partial charge on any atom is -0.425 e. The second-order valence-electron chi connectivity index (χ2n) is 3.45. The lowest BCUT2D eigenvalue weighted by molar-refractivity contribution is 0.449. The number of rotatable bonds is 5. The molecule has 16 heavy (non-hydrogen) atoms. The molecule has 0 spiro atoms. The van der Waals surface area contributed by atoms with E-state index in [2.05, 4.69) is 15.2 Å². The SMILES string of the molecule is NCCc1nnc(CCc2ccccn2)o1. The minimum atomic E-state index is 0.530. The number of nitrogens with two attached hydrogens (primary N) is 1. The van der Waals surface area contributed by atoms with Gasteiger partial charge in [0.1, 0.15) is 0 Å². The summed E-state index contributed by atoms with van der Waals surface area (Å²) < 4.78 is 5.42.